The van der Waals surface area contributed by atoms with Gasteiger partial charge in [0.2, 0.25) is 5.88 Å². The molecule has 0 radical (unpaired) electrons. The molecule has 0 aliphatic carbocycles. The number of carbonyl (C=O) groups is 1. The monoisotopic (exact) mass is 323 g/mol. The second-order valence-electron chi connectivity index (χ2n) is 4.31. The van der Waals surface area contributed by atoms with Crippen molar-refractivity contribution in [3.8, 4) is 5.88 Å². The van der Waals surface area contributed by atoms with Crippen molar-refractivity contribution in [3.05, 3.63) is 52.9 Å². The molecule has 1 aromatic heterocycles. The largest absolute Gasteiger partial charge is 0.478 e. The number of anilines is 1. The average molecular weight is 324 g/mol. The van der Waals surface area contributed by atoms with Crippen molar-refractivity contribution in [2.75, 3.05) is 11.9 Å². The predicted octanol–water partition coefficient (Wildman–Crippen LogP) is 3.59. The molecule has 0 spiro atoms. The molecule has 0 aliphatic rings. The molecule has 5 nitrogen and oxygen atoms in total. The Bertz CT molecular complexity index is 667. The Balaban J connectivity index is 1.97. The quantitative estimate of drug-likeness (QED) is 0.883. The molecule has 7 heteroatoms. The highest BCUT2D eigenvalue weighted by Crippen LogP contribution is 2.21. The highest BCUT2D eigenvalue weighted by Gasteiger charge is 2.10. The molecule has 0 aliphatic heterocycles. The van der Waals surface area contributed by atoms with Gasteiger partial charge in [0.15, 0.2) is 5.82 Å². The molecule has 0 atom stereocenters. The number of nitrogens with zero attached hydrogens (tertiary/aromatic N) is 1. The van der Waals surface area contributed by atoms with Crippen LogP contribution >= 0.6 is 11.6 Å². The maximum Gasteiger partial charge on any atom is 0.319 e. The summed E-state index contributed by atoms with van der Waals surface area (Å²) < 4.78 is 19.0. The molecule has 2 N–H and O–H groups in total. The van der Waals surface area contributed by atoms with Crippen LogP contribution in [0.1, 0.15) is 12.5 Å². The third-order valence-corrected chi connectivity index (χ3v) is 3.06. The number of amides is 2. The molecule has 0 saturated carbocycles. The van der Waals surface area contributed by atoms with E-state index in [1.807, 2.05) is 6.92 Å². The number of hydrogen-bond donors (Lipinski definition) is 2. The Morgan fingerprint density at radius 2 is 2.18 bits per heavy atom. The van der Waals surface area contributed by atoms with E-state index >= 15 is 0 Å². The topological polar surface area (TPSA) is 63.2 Å². The normalized spacial score (nSPS) is 10.1. The first-order valence-electron chi connectivity index (χ1n) is 6.67. The van der Waals surface area contributed by atoms with Crippen LogP contribution in [0.2, 0.25) is 5.02 Å². The van der Waals surface area contributed by atoms with E-state index in [0.29, 0.717) is 12.5 Å². The van der Waals surface area contributed by atoms with E-state index < -0.39 is 11.8 Å². The number of rotatable bonds is 5. The van der Waals surface area contributed by atoms with Gasteiger partial charge in [-0.15, -0.1) is 0 Å². The summed E-state index contributed by atoms with van der Waals surface area (Å²) in [6, 6.07) is 7.37. The molecular weight excluding hydrogens is 309 g/mol. The standard InChI is InChI=1S/C15H15ClFN3O2/c1-2-22-14-10(5-4-8-18-14)9-19-15(21)20-12-7-3-6-11(16)13(12)17/h3-8H,2,9H2,1H3,(H2,19,20,21). The number of pyridine rings is 1. The third-order valence-electron chi connectivity index (χ3n) is 2.77. The lowest BCUT2D eigenvalue weighted by Gasteiger charge is -2.11. The first-order chi connectivity index (χ1) is 10.6. The molecule has 0 bridgehead atoms. The number of halogens is 2. The van der Waals surface area contributed by atoms with E-state index in [2.05, 4.69) is 15.6 Å². The zero-order valence-corrected chi connectivity index (χ0v) is 12.7. The van der Waals surface area contributed by atoms with Crippen LogP contribution in [0, 0.1) is 5.82 Å². The van der Waals surface area contributed by atoms with Crippen LogP contribution in [0.25, 0.3) is 0 Å². The Labute approximate surface area is 132 Å². The van der Waals surface area contributed by atoms with Crippen LogP contribution in [0.3, 0.4) is 0 Å². The molecule has 22 heavy (non-hydrogen) atoms. The van der Waals surface area contributed by atoms with Gasteiger partial charge >= 0.3 is 6.03 Å². The van der Waals surface area contributed by atoms with Crippen molar-refractivity contribution >= 4 is 23.3 Å². The molecule has 0 unspecified atom stereocenters. The van der Waals surface area contributed by atoms with E-state index in [1.54, 1.807) is 24.4 Å². The summed E-state index contributed by atoms with van der Waals surface area (Å²) in [5, 5.41) is 4.96. The Kier molecular flexibility index (Phi) is 5.55. The zero-order valence-electron chi connectivity index (χ0n) is 11.9. The molecular formula is C15H15ClFN3O2. The Morgan fingerprint density at radius 1 is 1.36 bits per heavy atom. The van der Waals surface area contributed by atoms with E-state index in [9.17, 15) is 9.18 Å². The maximum atomic E-state index is 13.7. The highest BCUT2D eigenvalue weighted by atomic mass is 35.5. The second kappa shape index (κ2) is 7.61. The first-order valence-corrected chi connectivity index (χ1v) is 7.05. The fraction of sp³-hybridized carbons (Fsp3) is 0.200. The minimum atomic E-state index is -0.671. The van der Waals surface area contributed by atoms with Gasteiger partial charge in [0.1, 0.15) is 0 Å². The lowest BCUT2D eigenvalue weighted by atomic mass is 10.2. The zero-order chi connectivity index (χ0) is 15.9. The summed E-state index contributed by atoms with van der Waals surface area (Å²) >= 11 is 5.65. The van der Waals surface area contributed by atoms with Gasteiger partial charge in [-0.3, -0.25) is 0 Å². The number of benzene rings is 1. The van der Waals surface area contributed by atoms with Gasteiger partial charge < -0.3 is 15.4 Å². The van der Waals surface area contributed by atoms with Crippen LogP contribution in [-0.2, 0) is 6.54 Å². The van der Waals surface area contributed by atoms with Crippen molar-refractivity contribution < 1.29 is 13.9 Å². The fourth-order valence-electron chi connectivity index (χ4n) is 1.77. The van der Waals surface area contributed by atoms with Gasteiger partial charge in [0, 0.05) is 18.3 Å². The molecule has 116 valence electrons. The third kappa shape index (κ3) is 4.08. The molecule has 2 rings (SSSR count). The van der Waals surface area contributed by atoms with Gasteiger partial charge in [-0.1, -0.05) is 23.7 Å². The van der Waals surface area contributed by atoms with Gasteiger partial charge in [0.25, 0.3) is 0 Å². The molecule has 0 fully saturated rings. The van der Waals surface area contributed by atoms with E-state index in [-0.39, 0.29) is 17.3 Å². The van der Waals surface area contributed by atoms with Gasteiger partial charge in [-0.2, -0.15) is 0 Å². The number of urea groups is 1. The average Bonchev–Trinajstić information content (AvgIpc) is 2.51. The summed E-state index contributed by atoms with van der Waals surface area (Å²) in [5.74, 6) is -0.213. The number of nitrogens with one attached hydrogen (secondary N) is 2. The fourth-order valence-corrected chi connectivity index (χ4v) is 1.94. The summed E-state index contributed by atoms with van der Waals surface area (Å²) in [4.78, 5) is 15.9. The van der Waals surface area contributed by atoms with Gasteiger partial charge in [0.05, 0.1) is 17.3 Å². The number of carbonyl (C=O) groups excluding carboxylic acids is 1. The Morgan fingerprint density at radius 3 is 2.95 bits per heavy atom. The summed E-state index contributed by atoms with van der Waals surface area (Å²) in [6.07, 6.45) is 1.61. The number of hydrogen-bond acceptors (Lipinski definition) is 3. The van der Waals surface area contributed by atoms with Crippen molar-refractivity contribution in [1.82, 2.24) is 10.3 Å². The van der Waals surface area contributed by atoms with Crippen molar-refractivity contribution in [2.24, 2.45) is 0 Å². The minimum absolute atomic E-state index is 0.0150. The number of ether oxygens (including phenoxy) is 1. The molecule has 2 amide bonds. The van der Waals surface area contributed by atoms with Crippen molar-refractivity contribution in [1.29, 1.82) is 0 Å². The molecule has 1 aromatic carbocycles. The van der Waals surface area contributed by atoms with Crippen LogP contribution in [-0.4, -0.2) is 17.6 Å². The van der Waals surface area contributed by atoms with Crippen LogP contribution in [0.5, 0.6) is 5.88 Å². The minimum Gasteiger partial charge on any atom is -0.478 e. The highest BCUT2D eigenvalue weighted by molar-refractivity contribution is 6.31. The van der Waals surface area contributed by atoms with E-state index in [1.165, 1.54) is 12.1 Å². The number of aromatic nitrogens is 1. The van der Waals surface area contributed by atoms with Gasteiger partial charge in [-0.25, -0.2) is 14.2 Å². The van der Waals surface area contributed by atoms with Gasteiger partial charge in [-0.05, 0) is 25.1 Å². The smallest absolute Gasteiger partial charge is 0.319 e. The van der Waals surface area contributed by atoms with Crippen LogP contribution in [0.15, 0.2) is 36.5 Å². The lowest BCUT2D eigenvalue weighted by Crippen LogP contribution is -2.28. The van der Waals surface area contributed by atoms with Crippen molar-refractivity contribution in [2.45, 2.75) is 13.5 Å². The summed E-state index contributed by atoms with van der Waals surface area (Å²) in [5.41, 5.74) is 0.743. The van der Waals surface area contributed by atoms with Crippen molar-refractivity contribution in [3.63, 3.8) is 0 Å². The SMILES string of the molecule is CCOc1ncccc1CNC(=O)Nc1cccc(Cl)c1F. The predicted molar refractivity (Wildman–Crippen MR) is 82.7 cm³/mol. The molecule has 2 aromatic rings. The second-order valence-corrected chi connectivity index (χ2v) is 4.72. The summed E-state index contributed by atoms with van der Waals surface area (Å²) in [6.45, 7) is 2.53. The summed E-state index contributed by atoms with van der Waals surface area (Å²) in [7, 11) is 0. The van der Waals surface area contributed by atoms with Crippen LogP contribution < -0.4 is 15.4 Å². The Hall–Kier alpha value is -2.34. The molecule has 0 saturated heterocycles. The molecule has 1 heterocycles. The van der Waals surface area contributed by atoms with Crippen LogP contribution in [0.4, 0.5) is 14.9 Å². The first kappa shape index (κ1) is 16.0. The maximum absolute atomic E-state index is 13.7. The van der Waals surface area contributed by atoms with E-state index in [0.717, 1.165) is 5.56 Å². The lowest BCUT2D eigenvalue weighted by molar-refractivity contribution is 0.251. The van der Waals surface area contributed by atoms with E-state index in [4.69, 9.17) is 16.3 Å².